The Labute approximate surface area is 101 Å². The maximum absolute atomic E-state index is 11.5. The molecule has 0 aliphatic heterocycles. The van der Waals surface area contributed by atoms with Crippen LogP contribution in [0, 0.1) is 0 Å². The summed E-state index contributed by atoms with van der Waals surface area (Å²) in [4.78, 5) is 23.3. The summed E-state index contributed by atoms with van der Waals surface area (Å²) in [5.41, 5.74) is 0. The second-order valence-corrected chi connectivity index (χ2v) is 4.68. The van der Waals surface area contributed by atoms with Gasteiger partial charge in [0.05, 0.1) is 6.42 Å². The lowest BCUT2D eigenvalue weighted by molar-refractivity contribution is -0.137. The Balaban J connectivity index is 3.81. The van der Waals surface area contributed by atoms with Crippen molar-refractivity contribution in [2.45, 2.75) is 25.8 Å². The van der Waals surface area contributed by atoms with E-state index in [0.717, 1.165) is 12.2 Å². The quantitative estimate of drug-likeness (QED) is 0.711. The zero-order chi connectivity index (χ0) is 12.6. The molecule has 0 aliphatic carbocycles. The van der Waals surface area contributed by atoms with Gasteiger partial charge < -0.3 is 15.3 Å². The van der Waals surface area contributed by atoms with Crippen LogP contribution in [0.3, 0.4) is 0 Å². The zero-order valence-electron chi connectivity index (χ0n) is 10.0. The summed E-state index contributed by atoms with van der Waals surface area (Å²) in [6, 6.07) is -0.0953. The number of hydrogen-bond donors (Lipinski definition) is 2. The van der Waals surface area contributed by atoms with E-state index in [0.29, 0.717) is 0 Å². The number of nitrogens with zero attached hydrogens (tertiary/aromatic N) is 1. The van der Waals surface area contributed by atoms with Gasteiger partial charge >= 0.3 is 12.0 Å². The lowest BCUT2D eigenvalue weighted by Gasteiger charge is -2.20. The molecule has 1 unspecified atom stereocenters. The first-order chi connectivity index (χ1) is 7.47. The number of rotatable bonds is 7. The van der Waals surface area contributed by atoms with Crippen molar-refractivity contribution in [3.8, 4) is 0 Å². The Hall–Kier alpha value is -0.910. The Kier molecular flexibility index (Phi) is 7.80. The van der Waals surface area contributed by atoms with Crippen LogP contribution < -0.4 is 5.32 Å². The molecule has 0 saturated heterocycles. The molecule has 2 N–H and O–H groups in total. The third kappa shape index (κ3) is 7.39. The lowest BCUT2D eigenvalue weighted by atomic mass is 10.3. The number of amides is 2. The smallest absolute Gasteiger partial charge is 0.317 e. The van der Waals surface area contributed by atoms with Gasteiger partial charge in [0.15, 0.2) is 0 Å². The largest absolute Gasteiger partial charge is 0.481 e. The molecule has 0 spiro atoms. The Bertz CT molecular complexity index is 236. The average Bonchev–Trinajstić information content (AvgIpc) is 2.22. The van der Waals surface area contributed by atoms with E-state index in [9.17, 15) is 9.59 Å². The van der Waals surface area contributed by atoms with E-state index in [1.807, 2.05) is 13.2 Å². The molecule has 0 fully saturated rings. The number of nitrogens with one attached hydrogen (secondary N) is 1. The van der Waals surface area contributed by atoms with Gasteiger partial charge in [0.2, 0.25) is 0 Å². The fourth-order valence-electron chi connectivity index (χ4n) is 1.05. The van der Waals surface area contributed by atoms with E-state index in [4.69, 9.17) is 5.11 Å². The molecule has 0 rings (SSSR count). The van der Waals surface area contributed by atoms with Gasteiger partial charge in [-0.2, -0.15) is 11.8 Å². The van der Waals surface area contributed by atoms with Gasteiger partial charge in [0, 0.05) is 19.6 Å². The topological polar surface area (TPSA) is 69.6 Å². The monoisotopic (exact) mass is 248 g/mol. The third-order valence-corrected chi connectivity index (χ3v) is 2.78. The number of carboxylic acids is 1. The van der Waals surface area contributed by atoms with Gasteiger partial charge in [-0.3, -0.25) is 4.79 Å². The Morgan fingerprint density at radius 1 is 1.50 bits per heavy atom. The van der Waals surface area contributed by atoms with Crippen molar-refractivity contribution in [1.82, 2.24) is 10.2 Å². The minimum Gasteiger partial charge on any atom is -0.481 e. The van der Waals surface area contributed by atoms with E-state index in [1.54, 1.807) is 18.8 Å². The van der Waals surface area contributed by atoms with Crippen molar-refractivity contribution in [3.05, 3.63) is 0 Å². The van der Waals surface area contributed by atoms with Crippen LogP contribution in [0.25, 0.3) is 0 Å². The first-order valence-electron chi connectivity index (χ1n) is 5.19. The summed E-state index contributed by atoms with van der Waals surface area (Å²) in [7, 11) is 1.60. The highest BCUT2D eigenvalue weighted by Gasteiger charge is 2.12. The number of aliphatic carboxylic acids is 1. The molecule has 0 aromatic carbocycles. The maximum atomic E-state index is 11.5. The van der Waals surface area contributed by atoms with Crippen molar-refractivity contribution in [3.63, 3.8) is 0 Å². The summed E-state index contributed by atoms with van der Waals surface area (Å²) in [6.07, 6.45) is 2.91. The van der Waals surface area contributed by atoms with E-state index < -0.39 is 5.97 Å². The van der Waals surface area contributed by atoms with Crippen molar-refractivity contribution in [2.75, 3.05) is 25.6 Å². The second kappa shape index (κ2) is 8.27. The van der Waals surface area contributed by atoms with Crippen molar-refractivity contribution in [1.29, 1.82) is 0 Å². The molecule has 0 saturated carbocycles. The molecule has 2 amide bonds. The number of urea groups is 1. The van der Waals surface area contributed by atoms with Gasteiger partial charge in [0.25, 0.3) is 0 Å². The highest BCUT2D eigenvalue weighted by atomic mass is 32.2. The summed E-state index contributed by atoms with van der Waals surface area (Å²) >= 11 is 1.74. The van der Waals surface area contributed by atoms with Crippen LogP contribution in [0.15, 0.2) is 0 Å². The molecule has 1 atom stereocenters. The molecule has 0 aromatic heterocycles. The van der Waals surface area contributed by atoms with E-state index in [-0.39, 0.29) is 25.0 Å². The highest BCUT2D eigenvalue weighted by molar-refractivity contribution is 7.98. The molecule has 16 heavy (non-hydrogen) atoms. The molecule has 0 aromatic rings. The first-order valence-corrected chi connectivity index (χ1v) is 6.59. The third-order valence-electron chi connectivity index (χ3n) is 2.13. The summed E-state index contributed by atoms with van der Waals surface area (Å²) in [5.74, 6) is 0.107. The van der Waals surface area contributed by atoms with Crippen LogP contribution in [0.1, 0.15) is 19.8 Å². The van der Waals surface area contributed by atoms with Crippen LogP contribution in [-0.4, -0.2) is 53.6 Å². The van der Waals surface area contributed by atoms with Crippen LogP contribution in [0.4, 0.5) is 4.79 Å². The Morgan fingerprint density at radius 2 is 2.12 bits per heavy atom. The summed E-state index contributed by atoms with van der Waals surface area (Å²) < 4.78 is 0. The minimum absolute atomic E-state index is 0.0247. The standard InChI is InChI=1S/C10H20N2O3S/c1-8(5-7-16-3)11-10(15)12(2)6-4-9(13)14/h8H,4-7H2,1-3H3,(H,11,15)(H,13,14). The number of carbonyl (C=O) groups is 2. The fourth-order valence-corrected chi connectivity index (χ4v) is 1.64. The van der Waals surface area contributed by atoms with Gasteiger partial charge in [-0.15, -0.1) is 0 Å². The normalized spacial score (nSPS) is 11.9. The van der Waals surface area contributed by atoms with E-state index >= 15 is 0 Å². The Morgan fingerprint density at radius 3 is 2.62 bits per heavy atom. The molecular weight excluding hydrogens is 228 g/mol. The number of thioether (sulfide) groups is 1. The zero-order valence-corrected chi connectivity index (χ0v) is 10.8. The predicted octanol–water partition coefficient (Wildman–Crippen LogP) is 1.24. The van der Waals surface area contributed by atoms with Crippen LogP contribution in [-0.2, 0) is 4.79 Å². The molecule has 0 aliphatic rings. The summed E-state index contributed by atoms with van der Waals surface area (Å²) in [6.45, 7) is 2.18. The fraction of sp³-hybridized carbons (Fsp3) is 0.800. The van der Waals surface area contributed by atoms with Gasteiger partial charge in [0.1, 0.15) is 0 Å². The summed E-state index contributed by atoms with van der Waals surface area (Å²) in [5, 5.41) is 11.3. The number of carboxylic acid groups (broad SMARTS) is 1. The molecule has 0 heterocycles. The van der Waals surface area contributed by atoms with E-state index in [1.165, 1.54) is 4.90 Å². The van der Waals surface area contributed by atoms with Crippen LogP contribution in [0.2, 0.25) is 0 Å². The molecule has 0 radical (unpaired) electrons. The van der Waals surface area contributed by atoms with E-state index in [2.05, 4.69) is 5.32 Å². The average molecular weight is 248 g/mol. The molecule has 94 valence electrons. The van der Waals surface area contributed by atoms with Gasteiger partial charge in [-0.25, -0.2) is 4.79 Å². The molecule has 0 bridgehead atoms. The molecule has 5 nitrogen and oxygen atoms in total. The predicted molar refractivity (Wildman–Crippen MR) is 65.9 cm³/mol. The number of hydrogen-bond acceptors (Lipinski definition) is 3. The molecular formula is C10H20N2O3S. The van der Waals surface area contributed by atoms with Crippen molar-refractivity contribution < 1.29 is 14.7 Å². The first kappa shape index (κ1) is 15.1. The molecule has 6 heteroatoms. The highest BCUT2D eigenvalue weighted by Crippen LogP contribution is 2.00. The lowest BCUT2D eigenvalue weighted by Crippen LogP contribution is -2.42. The van der Waals surface area contributed by atoms with Gasteiger partial charge in [-0.1, -0.05) is 0 Å². The van der Waals surface area contributed by atoms with Crippen LogP contribution in [0.5, 0.6) is 0 Å². The SMILES string of the molecule is CSCCC(C)NC(=O)N(C)CCC(=O)O. The minimum atomic E-state index is -0.893. The van der Waals surface area contributed by atoms with Crippen molar-refractivity contribution in [2.24, 2.45) is 0 Å². The second-order valence-electron chi connectivity index (χ2n) is 3.70. The van der Waals surface area contributed by atoms with Gasteiger partial charge in [-0.05, 0) is 25.4 Å². The number of carbonyl (C=O) groups excluding carboxylic acids is 1. The van der Waals surface area contributed by atoms with Crippen LogP contribution >= 0.6 is 11.8 Å². The van der Waals surface area contributed by atoms with Crippen molar-refractivity contribution >= 4 is 23.8 Å². The maximum Gasteiger partial charge on any atom is 0.317 e.